The first-order valence-electron chi connectivity index (χ1n) is 6.04. The molecule has 1 aromatic carbocycles. The number of aromatic nitrogens is 2. The lowest BCUT2D eigenvalue weighted by Gasteiger charge is -2.09. The molecule has 0 saturated heterocycles. The third kappa shape index (κ3) is 2.81. The van der Waals surface area contributed by atoms with Gasteiger partial charge in [-0.15, -0.1) is 0 Å². The van der Waals surface area contributed by atoms with Crippen molar-refractivity contribution in [1.29, 1.82) is 0 Å². The summed E-state index contributed by atoms with van der Waals surface area (Å²) in [5.41, 5.74) is 0.988. The van der Waals surface area contributed by atoms with Crippen molar-refractivity contribution in [3.05, 3.63) is 59.9 Å². The highest BCUT2D eigenvalue weighted by molar-refractivity contribution is 7.92. The fourth-order valence-electron chi connectivity index (χ4n) is 1.90. The Morgan fingerprint density at radius 3 is 2.57 bits per heavy atom. The minimum absolute atomic E-state index is 0.0974. The Kier molecular flexibility index (Phi) is 3.48. The van der Waals surface area contributed by atoms with E-state index in [9.17, 15) is 8.42 Å². The lowest BCUT2D eigenvalue weighted by atomic mass is 10.2. The molecule has 5 nitrogen and oxygen atoms in total. The first-order valence-corrected chi connectivity index (χ1v) is 7.90. The number of para-hydroxylation sites is 1. The Labute approximate surface area is 126 Å². The molecule has 7 heteroatoms. The number of nitrogens with zero attached hydrogens (tertiary/aromatic N) is 2. The maximum absolute atomic E-state index is 12.3. The zero-order chi connectivity index (χ0) is 14.9. The minimum Gasteiger partial charge on any atom is -0.276 e. The number of hydrogen-bond acceptors (Lipinski definition) is 4. The summed E-state index contributed by atoms with van der Waals surface area (Å²) in [6, 6.07) is 11.8. The van der Waals surface area contributed by atoms with Gasteiger partial charge in [-0.1, -0.05) is 29.8 Å². The van der Waals surface area contributed by atoms with E-state index >= 15 is 0 Å². The SMILES string of the molecule is O=S(=O)(Nc1cccc2cccnc12)c1ccc(Cl)cn1. The van der Waals surface area contributed by atoms with Crippen molar-refractivity contribution >= 4 is 38.2 Å². The number of benzene rings is 1. The number of halogens is 1. The van der Waals surface area contributed by atoms with E-state index in [2.05, 4.69) is 14.7 Å². The van der Waals surface area contributed by atoms with Gasteiger partial charge in [-0.3, -0.25) is 9.71 Å². The highest BCUT2D eigenvalue weighted by Gasteiger charge is 2.17. The Morgan fingerprint density at radius 1 is 1.00 bits per heavy atom. The summed E-state index contributed by atoms with van der Waals surface area (Å²) in [7, 11) is -3.78. The lowest BCUT2D eigenvalue weighted by Crippen LogP contribution is -2.14. The zero-order valence-corrected chi connectivity index (χ0v) is 12.3. The average molecular weight is 320 g/mol. The number of fused-ring (bicyclic) bond motifs is 1. The van der Waals surface area contributed by atoms with Gasteiger partial charge in [-0.05, 0) is 24.3 Å². The van der Waals surface area contributed by atoms with Crippen LogP contribution in [0.1, 0.15) is 0 Å². The third-order valence-corrected chi connectivity index (χ3v) is 4.36. The van der Waals surface area contributed by atoms with Crippen LogP contribution >= 0.6 is 11.6 Å². The Hall–Kier alpha value is -2.18. The fraction of sp³-hybridized carbons (Fsp3) is 0. The summed E-state index contributed by atoms with van der Waals surface area (Å²) in [5, 5.41) is 1.13. The normalized spacial score (nSPS) is 11.5. The lowest BCUT2D eigenvalue weighted by molar-refractivity contribution is 0.597. The predicted octanol–water partition coefficient (Wildman–Crippen LogP) is 3.08. The molecule has 3 rings (SSSR count). The van der Waals surface area contributed by atoms with Gasteiger partial charge in [-0.25, -0.2) is 4.98 Å². The molecule has 0 unspecified atom stereocenters. The van der Waals surface area contributed by atoms with E-state index in [1.807, 2.05) is 12.1 Å². The molecule has 0 saturated carbocycles. The summed E-state index contributed by atoms with van der Waals surface area (Å²) in [5.74, 6) is 0. The van der Waals surface area contributed by atoms with Gasteiger partial charge in [0.2, 0.25) is 0 Å². The van der Waals surface area contributed by atoms with Crippen molar-refractivity contribution in [2.75, 3.05) is 4.72 Å². The number of hydrogen-bond donors (Lipinski definition) is 1. The molecule has 2 heterocycles. The van der Waals surface area contributed by atoms with Crippen LogP contribution in [-0.4, -0.2) is 18.4 Å². The van der Waals surface area contributed by atoms with Gasteiger partial charge in [0, 0.05) is 17.8 Å². The van der Waals surface area contributed by atoms with Crippen LogP contribution in [0.3, 0.4) is 0 Å². The molecule has 0 radical (unpaired) electrons. The van der Waals surface area contributed by atoms with Crippen molar-refractivity contribution in [1.82, 2.24) is 9.97 Å². The molecule has 3 aromatic rings. The molecule has 21 heavy (non-hydrogen) atoms. The van der Waals surface area contributed by atoms with Crippen molar-refractivity contribution in [2.45, 2.75) is 5.03 Å². The second kappa shape index (κ2) is 5.31. The van der Waals surface area contributed by atoms with Crippen molar-refractivity contribution in [2.24, 2.45) is 0 Å². The highest BCUT2D eigenvalue weighted by Crippen LogP contribution is 2.23. The van der Waals surface area contributed by atoms with Gasteiger partial charge < -0.3 is 0 Å². The number of nitrogens with one attached hydrogen (secondary N) is 1. The molecule has 0 atom stereocenters. The largest absolute Gasteiger partial charge is 0.279 e. The van der Waals surface area contributed by atoms with Crippen LogP contribution in [0.5, 0.6) is 0 Å². The van der Waals surface area contributed by atoms with E-state index in [1.165, 1.54) is 18.3 Å². The van der Waals surface area contributed by atoms with Crippen LogP contribution in [0, 0.1) is 0 Å². The number of rotatable bonds is 3. The molecule has 0 spiro atoms. The summed E-state index contributed by atoms with van der Waals surface area (Å²) >= 11 is 5.71. The van der Waals surface area contributed by atoms with E-state index < -0.39 is 10.0 Å². The first-order chi connectivity index (χ1) is 10.1. The maximum Gasteiger partial charge on any atom is 0.279 e. The van der Waals surface area contributed by atoms with E-state index in [0.29, 0.717) is 16.2 Å². The molecule has 0 aliphatic carbocycles. The quantitative estimate of drug-likeness (QED) is 0.805. The molecular weight excluding hydrogens is 310 g/mol. The Morgan fingerprint density at radius 2 is 1.81 bits per heavy atom. The van der Waals surface area contributed by atoms with Crippen LogP contribution in [0.2, 0.25) is 5.02 Å². The van der Waals surface area contributed by atoms with Gasteiger partial charge in [-0.2, -0.15) is 8.42 Å². The topological polar surface area (TPSA) is 72.0 Å². The predicted molar refractivity (Wildman–Crippen MR) is 81.8 cm³/mol. The molecule has 0 fully saturated rings. The van der Waals surface area contributed by atoms with Crippen molar-refractivity contribution in [3.8, 4) is 0 Å². The van der Waals surface area contributed by atoms with E-state index in [1.54, 1.807) is 24.4 Å². The zero-order valence-electron chi connectivity index (χ0n) is 10.7. The van der Waals surface area contributed by atoms with E-state index in [-0.39, 0.29) is 5.03 Å². The van der Waals surface area contributed by atoms with Gasteiger partial charge in [0.25, 0.3) is 10.0 Å². The second-order valence-electron chi connectivity index (χ2n) is 4.30. The highest BCUT2D eigenvalue weighted by atomic mass is 35.5. The molecular formula is C14H10ClN3O2S. The molecule has 1 N–H and O–H groups in total. The van der Waals surface area contributed by atoms with Gasteiger partial charge in [0.15, 0.2) is 5.03 Å². The van der Waals surface area contributed by atoms with Gasteiger partial charge >= 0.3 is 0 Å². The first kappa shape index (κ1) is 13.8. The fourth-order valence-corrected chi connectivity index (χ4v) is 3.01. The van der Waals surface area contributed by atoms with Gasteiger partial charge in [0.05, 0.1) is 16.2 Å². The monoisotopic (exact) mass is 319 g/mol. The summed E-state index contributed by atoms with van der Waals surface area (Å²) in [6.07, 6.45) is 2.90. The molecule has 0 amide bonds. The standard InChI is InChI=1S/C14H10ClN3O2S/c15-11-6-7-13(17-9-11)21(19,20)18-12-5-1-3-10-4-2-8-16-14(10)12/h1-9,18H. The molecule has 2 aromatic heterocycles. The second-order valence-corrected chi connectivity index (χ2v) is 6.37. The maximum atomic E-state index is 12.3. The molecule has 0 aliphatic heterocycles. The van der Waals surface area contributed by atoms with E-state index in [0.717, 1.165) is 5.39 Å². The van der Waals surface area contributed by atoms with Gasteiger partial charge in [0.1, 0.15) is 0 Å². The molecule has 0 aliphatic rings. The van der Waals surface area contributed by atoms with Crippen LogP contribution in [-0.2, 0) is 10.0 Å². The average Bonchev–Trinajstić information content (AvgIpc) is 2.48. The van der Waals surface area contributed by atoms with Crippen LogP contribution in [0.15, 0.2) is 59.9 Å². The Balaban J connectivity index is 2.03. The summed E-state index contributed by atoms with van der Waals surface area (Å²) < 4.78 is 27.1. The summed E-state index contributed by atoms with van der Waals surface area (Å²) in [4.78, 5) is 8.03. The van der Waals surface area contributed by atoms with Crippen LogP contribution in [0.25, 0.3) is 10.9 Å². The molecule has 0 bridgehead atoms. The van der Waals surface area contributed by atoms with E-state index in [4.69, 9.17) is 11.6 Å². The molecule has 106 valence electrons. The van der Waals surface area contributed by atoms with Crippen LogP contribution in [0.4, 0.5) is 5.69 Å². The van der Waals surface area contributed by atoms with Crippen molar-refractivity contribution in [3.63, 3.8) is 0 Å². The number of sulfonamides is 1. The third-order valence-electron chi connectivity index (χ3n) is 2.85. The summed E-state index contributed by atoms with van der Waals surface area (Å²) in [6.45, 7) is 0. The Bertz CT molecular complexity index is 890. The number of pyridine rings is 2. The van der Waals surface area contributed by atoms with Crippen LogP contribution < -0.4 is 4.72 Å². The number of anilines is 1. The smallest absolute Gasteiger partial charge is 0.276 e. The van der Waals surface area contributed by atoms with Crippen molar-refractivity contribution < 1.29 is 8.42 Å². The minimum atomic E-state index is -3.78.